The van der Waals surface area contributed by atoms with Crippen molar-refractivity contribution in [3.63, 3.8) is 0 Å². The highest BCUT2D eigenvalue weighted by molar-refractivity contribution is 7.20. The third-order valence-corrected chi connectivity index (χ3v) is 8.25. The normalized spacial score (nSPS) is 16.1. The zero-order valence-electron chi connectivity index (χ0n) is 21.8. The topological polar surface area (TPSA) is 123 Å². The number of carbonyl (C=O) groups excluding carboxylic acids is 2. The Morgan fingerprint density at radius 3 is 2.74 bits per heavy atom. The molecule has 1 aliphatic carbocycles. The van der Waals surface area contributed by atoms with Crippen LogP contribution in [0.5, 0.6) is 0 Å². The van der Waals surface area contributed by atoms with Gasteiger partial charge in [-0.3, -0.25) is 14.6 Å². The standard InChI is InChI=1S/C29H32N6O2S/c1-29(2,3)20-7-8-22-18(12-20)11-19-14-25(38-28(19)35-22)27(37)34-23(15-30)17-5-4-6-21(13-17)33-26(36)24-16-31-9-10-32-24/h4-6,9-11,13-14,16,20,23H,7-8,12,15,30H2,1-3H3,(H,33,36)(H,34,37)/t20?,23-/m1/s1. The molecule has 1 aromatic carbocycles. The second-order valence-corrected chi connectivity index (χ2v) is 11.9. The minimum absolute atomic E-state index is 0.192. The summed E-state index contributed by atoms with van der Waals surface area (Å²) in [5.41, 5.74) is 10.4. The summed E-state index contributed by atoms with van der Waals surface area (Å²) in [7, 11) is 0. The summed E-state index contributed by atoms with van der Waals surface area (Å²) >= 11 is 1.41. The van der Waals surface area contributed by atoms with Gasteiger partial charge in [-0.2, -0.15) is 0 Å². The van der Waals surface area contributed by atoms with Crippen molar-refractivity contribution in [3.05, 3.63) is 82.4 Å². The lowest BCUT2D eigenvalue weighted by Gasteiger charge is -2.34. The molecule has 2 atom stereocenters. The van der Waals surface area contributed by atoms with Gasteiger partial charge in [0.1, 0.15) is 10.5 Å². The number of nitrogens with two attached hydrogens (primary N) is 1. The maximum absolute atomic E-state index is 13.2. The van der Waals surface area contributed by atoms with E-state index in [1.165, 1.54) is 35.5 Å². The van der Waals surface area contributed by atoms with Crippen LogP contribution < -0.4 is 16.4 Å². The third kappa shape index (κ3) is 5.58. The number of aryl methyl sites for hydroxylation is 1. The van der Waals surface area contributed by atoms with Gasteiger partial charge in [-0.05, 0) is 66.0 Å². The van der Waals surface area contributed by atoms with Crippen molar-refractivity contribution in [1.82, 2.24) is 20.3 Å². The first-order valence-corrected chi connectivity index (χ1v) is 13.6. The van der Waals surface area contributed by atoms with Crippen molar-refractivity contribution >= 4 is 39.1 Å². The zero-order chi connectivity index (χ0) is 26.9. The first kappa shape index (κ1) is 25.9. The number of amides is 2. The molecule has 0 saturated carbocycles. The molecule has 38 heavy (non-hydrogen) atoms. The van der Waals surface area contributed by atoms with Gasteiger partial charge in [0.15, 0.2) is 0 Å². The highest BCUT2D eigenvalue weighted by atomic mass is 32.1. The minimum Gasteiger partial charge on any atom is -0.343 e. The Morgan fingerprint density at radius 2 is 2.00 bits per heavy atom. The second kappa shape index (κ2) is 10.6. The number of carbonyl (C=O) groups is 2. The number of pyridine rings is 1. The molecular weight excluding hydrogens is 496 g/mol. The van der Waals surface area contributed by atoms with Crippen LogP contribution in [0.25, 0.3) is 10.2 Å². The quantitative estimate of drug-likeness (QED) is 0.326. The van der Waals surface area contributed by atoms with Crippen molar-refractivity contribution in [3.8, 4) is 0 Å². The van der Waals surface area contributed by atoms with E-state index < -0.39 is 6.04 Å². The Kier molecular flexibility index (Phi) is 7.23. The number of anilines is 1. The van der Waals surface area contributed by atoms with Crippen LogP contribution in [0.2, 0.25) is 0 Å². The van der Waals surface area contributed by atoms with E-state index >= 15 is 0 Å². The number of nitrogens with zero attached hydrogens (tertiary/aromatic N) is 3. The number of hydrogen-bond donors (Lipinski definition) is 3. The van der Waals surface area contributed by atoms with Crippen molar-refractivity contribution in [2.45, 2.75) is 46.1 Å². The molecule has 5 rings (SSSR count). The predicted molar refractivity (Wildman–Crippen MR) is 150 cm³/mol. The first-order valence-electron chi connectivity index (χ1n) is 12.8. The monoisotopic (exact) mass is 528 g/mol. The summed E-state index contributed by atoms with van der Waals surface area (Å²) < 4.78 is 0. The van der Waals surface area contributed by atoms with Crippen LogP contribution in [0, 0.1) is 11.3 Å². The Balaban J connectivity index is 1.31. The van der Waals surface area contributed by atoms with Crippen molar-refractivity contribution < 1.29 is 9.59 Å². The lowest BCUT2D eigenvalue weighted by molar-refractivity contribution is 0.0941. The van der Waals surface area contributed by atoms with Gasteiger partial charge in [-0.1, -0.05) is 32.9 Å². The van der Waals surface area contributed by atoms with Crippen LogP contribution in [-0.2, 0) is 12.8 Å². The van der Waals surface area contributed by atoms with Gasteiger partial charge in [-0.25, -0.2) is 9.97 Å². The van der Waals surface area contributed by atoms with Crippen molar-refractivity contribution in [1.29, 1.82) is 0 Å². The maximum Gasteiger partial charge on any atom is 0.275 e. The van der Waals surface area contributed by atoms with E-state index in [1.54, 1.807) is 12.1 Å². The molecule has 8 nitrogen and oxygen atoms in total. The highest BCUT2D eigenvalue weighted by Crippen LogP contribution is 2.38. The fourth-order valence-corrected chi connectivity index (χ4v) is 5.86. The van der Waals surface area contributed by atoms with E-state index in [4.69, 9.17) is 10.7 Å². The van der Waals surface area contributed by atoms with Crippen molar-refractivity contribution in [2.24, 2.45) is 17.1 Å². The molecule has 0 radical (unpaired) electrons. The fraction of sp³-hybridized carbons (Fsp3) is 0.345. The highest BCUT2D eigenvalue weighted by Gasteiger charge is 2.30. The van der Waals surface area contributed by atoms with Gasteiger partial charge in [-0.15, -0.1) is 11.3 Å². The molecule has 3 aromatic heterocycles. The van der Waals surface area contributed by atoms with Gasteiger partial charge in [0.2, 0.25) is 0 Å². The summed E-state index contributed by atoms with van der Waals surface area (Å²) in [6, 6.07) is 11.0. The SMILES string of the molecule is CC(C)(C)C1CCc2nc3sc(C(=O)N[C@H](CN)c4cccc(NC(=O)c5cnccn5)c4)cc3cc2C1. The molecule has 4 N–H and O–H groups in total. The predicted octanol–water partition coefficient (Wildman–Crippen LogP) is 4.92. The number of aromatic nitrogens is 3. The number of benzene rings is 1. The van der Waals surface area contributed by atoms with Gasteiger partial charge in [0.05, 0.1) is 17.1 Å². The summed E-state index contributed by atoms with van der Waals surface area (Å²) in [4.78, 5) is 40.1. The molecule has 9 heteroatoms. The molecule has 2 amide bonds. The van der Waals surface area contributed by atoms with E-state index in [1.807, 2.05) is 18.2 Å². The van der Waals surface area contributed by atoms with Crippen LogP contribution in [0.3, 0.4) is 0 Å². The summed E-state index contributed by atoms with van der Waals surface area (Å²) in [6.45, 7) is 7.12. The smallest absolute Gasteiger partial charge is 0.275 e. The van der Waals surface area contributed by atoms with Crippen LogP contribution in [-0.4, -0.2) is 33.3 Å². The number of hydrogen-bond acceptors (Lipinski definition) is 7. The molecular formula is C29H32N6O2S. The molecule has 0 fully saturated rings. The van der Waals surface area contributed by atoms with Gasteiger partial charge in [0, 0.05) is 35.7 Å². The molecule has 0 bridgehead atoms. The van der Waals surface area contributed by atoms with E-state index in [-0.39, 0.29) is 29.5 Å². The van der Waals surface area contributed by atoms with Gasteiger partial charge >= 0.3 is 0 Å². The summed E-state index contributed by atoms with van der Waals surface area (Å²) in [6.07, 6.45) is 7.52. The van der Waals surface area contributed by atoms with E-state index in [9.17, 15) is 9.59 Å². The Bertz CT molecular complexity index is 1480. The average Bonchev–Trinajstić information content (AvgIpc) is 3.33. The summed E-state index contributed by atoms with van der Waals surface area (Å²) in [5, 5.41) is 6.88. The fourth-order valence-electron chi connectivity index (χ4n) is 4.93. The van der Waals surface area contributed by atoms with E-state index in [0.29, 0.717) is 16.5 Å². The van der Waals surface area contributed by atoms with Crippen LogP contribution in [0.4, 0.5) is 5.69 Å². The second-order valence-electron chi connectivity index (χ2n) is 10.8. The van der Waals surface area contributed by atoms with Crippen LogP contribution >= 0.6 is 11.3 Å². The van der Waals surface area contributed by atoms with E-state index in [0.717, 1.165) is 40.7 Å². The molecule has 1 aliphatic rings. The summed E-state index contributed by atoms with van der Waals surface area (Å²) in [5.74, 6) is 0.0722. The van der Waals surface area contributed by atoms with Crippen LogP contribution in [0.1, 0.15) is 70.2 Å². The lowest BCUT2D eigenvalue weighted by atomic mass is 9.71. The minimum atomic E-state index is -0.421. The number of thiophene rings is 1. The molecule has 0 aliphatic heterocycles. The molecule has 0 saturated heterocycles. The van der Waals surface area contributed by atoms with Crippen molar-refractivity contribution in [2.75, 3.05) is 11.9 Å². The number of nitrogens with one attached hydrogen (secondary N) is 2. The number of rotatable bonds is 6. The lowest BCUT2D eigenvalue weighted by Crippen LogP contribution is -2.33. The van der Waals surface area contributed by atoms with Gasteiger partial charge in [0.25, 0.3) is 11.8 Å². The first-order chi connectivity index (χ1) is 18.2. The largest absolute Gasteiger partial charge is 0.343 e. The third-order valence-electron chi connectivity index (χ3n) is 7.21. The Morgan fingerprint density at radius 1 is 1.16 bits per heavy atom. The Labute approximate surface area is 226 Å². The average molecular weight is 529 g/mol. The molecule has 3 heterocycles. The Hall–Kier alpha value is -3.69. The molecule has 4 aromatic rings. The number of fused-ring (bicyclic) bond motifs is 2. The van der Waals surface area contributed by atoms with Crippen LogP contribution in [0.15, 0.2) is 55.0 Å². The zero-order valence-corrected chi connectivity index (χ0v) is 22.6. The molecule has 0 spiro atoms. The maximum atomic E-state index is 13.2. The molecule has 196 valence electrons. The van der Waals surface area contributed by atoms with E-state index in [2.05, 4.69) is 47.4 Å². The molecule has 1 unspecified atom stereocenters. The van der Waals surface area contributed by atoms with Gasteiger partial charge < -0.3 is 16.4 Å².